The van der Waals surface area contributed by atoms with E-state index in [9.17, 15) is 9.59 Å². The maximum absolute atomic E-state index is 12.5. The summed E-state index contributed by atoms with van der Waals surface area (Å²) in [5, 5.41) is 13.1. The molecule has 1 spiro atoms. The van der Waals surface area contributed by atoms with Crippen LogP contribution in [0.15, 0.2) is 28.8 Å². The van der Waals surface area contributed by atoms with Crippen LogP contribution in [0.25, 0.3) is 0 Å². The third-order valence-corrected chi connectivity index (χ3v) is 5.17. The first-order chi connectivity index (χ1) is 11.1. The fourth-order valence-electron chi connectivity index (χ4n) is 3.75. The van der Waals surface area contributed by atoms with Crippen molar-refractivity contribution < 1.29 is 19.2 Å². The first-order valence-corrected chi connectivity index (χ1v) is 7.89. The van der Waals surface area contributed by atoms with Gasteiger partial charge in [-0.05, 0) is 42.4 Å². The van der Waals surface area contributed by atoms with Gasteiger partial charge in [0, 0.05) is 12.8 Å². The minimum atomic E-state index is -0.949. The average Bonchev–Trinajstić information content (AvgIpc) is 2.89. The molecule has 2 aliphatic rings. The fourth-order valence-corrected chi connectivity index (χ4v) is 3.75. The van der Waals surface area contributed by atoms with Gasteiger partial charge in [0.15, 0.2) is 11.5 Å². The molecule has 5 nitrogen and oxygen atoms in total. The highest BCUT2D eigenvalue weighted by atomic mass is 16.5. The SMILES string of the molecule is O=C(O)c1ccc(Cc2onc3c2C(=O)CC2(CCC2)C3)cc1. The van der Waals surface area contributed by atoms with E-state index in [4.69, 9.17) is 9.63 Å². The van der Waals surface area contributed by atoms with Crippen molar-refractivity contribution in [3.8, 4) is 0 Å². The maximum atomic E-state index is 12.5. The predicted molar refractivity (Wildman–Crippen MR) is 81.6 cm³/mol. The highest BCUT2D eigenvalue weighted by Gasteiger charge is 2.45. The van der Waals surface area contributed by atoms with Gasteiger partial charge in [0.1, 0.15) is 0 Å². The number of rotatable bonds is 3. The van der Waals surface area contributed by atoms with Gasteiger partial charge in [0.2, 0.25) is 0 Å². The van der Waals surface area contributed by atoms with Crippen LogP contribution in [0.2, 0.25) is 0 Å². The van der Waals surface area contributed by atoms with E-state index in [2.05, 4.69) is 5.16 Å². The predicted octanol–water partition coefficient (Wildman–Crippen LogP) is 3.26. The standard InChI is InChI=1S/C18H17NO4/c20-14-10-18(6-1-7-18)9-13-16(14)15(23-19-13)8-11-2-4-12(5-3-11)17(21)22/h2-5H,1,6-10H2,(H,21,22). The Balaban J connectivity index is 1.59. The molecule has 1 heterocycles. The molecule has 0 atom stereocenters. The maximum Gasteiger partial charge on any atom is 0.335 e. The van der Waals surface area contributed by atoms with E-state index < -0.39 is 5.97 Å². The summed E-state index contributed by atoms with van der Waals surface area (Å²) in [4.78, 5) is 23.4. The Morgan fingerprint density at radius 3 is 2.57 bits per heavy atom. The summed E-state index contributed by atoms with van der Waals surface area (Å²) in [5.74, 6) is -0.207. The van der Waals surface area contributed by atoms with Crippen LogP contribution < -0.4 is 0 Å². The van der Waals surface area contributed by atoms with Gasteiger partial charge in [0.05, 0.1) is 16.8 Å². The zero-order valence-electron chi connectivity index (χ0n) is 12.7. The number of Topliss-reactive ketones (excluding diaryl/α,β-unsaturated/α-hetero) is 1. The molecule has 0 unspecified atom stereocenters. The second-order valence-electron chi connectivity index (χ2n) is 6.74. The molecule has 23 heavy (non-hydrogen) atoms. The fraction of sp³-hybridized carbons (Fsp3) is 0.389. The van der Waals surface area contributed by atoms with Gasteiger partial charge < -0.3 is 9.63 Å². The van der Waals surface area contributed by atoms with Crippen molar-refractivity contribution in [3.05, 3.63) is 52.4 Å². The van der Waals surface area contributed by atoms with Gasteiger partial charge in [-0.3, -0.25) is 4.79 Å². The summed E-state index contributed by atoms with van der Waals surface area (Å²) in [5.41, 5.74) is 2.76. The molecule has 1 aromatic heterocycles. The summed E-state index contributed by atoms with van der Waals surface area (Å²) < 4.78 is 5.44. The molecule has 0 bridgehead atoms. The lowest BCUT2D eigenvalue weighted by molar-refractivity contribution is 0.0691. The molecule has 1 N–H and O–H groups in total. The smallest absolute Gasteiger partial charge is 0.335 e. The van der Waals surface area contributed by atoms with E-state index in [1.54, 1.807) is 24.3 Å². The number of ketones is 1. The number of carbonyl (C=O) groups is 2. The van der Waals surface area contributed by atoms with Crippen molar-refractivity contribution in [2.75, 3.05) is 0 Å². The van der Waals surface area contributed by atoms with Gasteiger partial charge in [-0.25, -0.2) is 4.79 Å². The number of hydrogen-bond acceptors (Lipinski definition) is 4. The molecule has 1 saturated carbocycles. The van der Waals surface area contributed by atoms with E-state index in [0.717, 1.165) is 30.5 Å². The third kappa shape index (κ3) is 2.36. The minimum Gasteiger partial charge on any atom is -0.478 e. The molecule has 2 aromatic rings. The van der Waals surface area contributed by atoms with Gasteiger partial charge in [-0.15, -0.1) is 0 Å². The van der Waals surface area contributed by atoms with Gasteiger partial charge >= 0.3 is 5.97 Å². The Bertz CT molecular complexity index is 784. The molecule has 4 rings (SSSR count). The van der Waals surface area contributed by atoms with Crippen LogP contribution >= 0.6 is 0 Å². The third-order valence-electron chi connectivity index (χ3n) is 5.17. The largest absolute Gasteiger partial charge is 0.478 e. The van der Waals surface area contributed by atoms with Gasteiger partial charge in [0.25, 0.3) is 0 Å². The number of carboxylic acids is 1. The van der Waals surface area contributed by atoms with Crippen molar-refractivity contribution in [1.29, 1.82) is 0 Å². The monoisotopic (exact) mass is 311 g/mol. The van der Waals surface area contributed by atoms with Crippen LogP contribution in [0, 0.1) is 5.41 Å². The molecule has 2 aliphatic carbocycles. The molecule has 0 amide bonds. The van der Waals surface area contributed by atoms with E-state index in [1.165, 1.54) is 6.42 Å². The quantitative estimate of drug-likeness (QED) is 0.941. The van der Waals surface area contributed by atoms with Gasteiger partial charge in [-0.2, -0.15) is 0 Å². The number of aromatic carboxylic acids is 1. The molecular weight excluding hydrogens is 294 g/mol. The van der Waals surface area contributed by atoms with Crippen LogP contribution in [0.5, 0.6) is 0 Å². The van der Waals surface area contributed by atoms with Crippen molar-refractivity contribution in [1.82, 2.24) is 5.16 Å². The lowest BCUT2D eigenvalue weighted by Gasteiger charge is -2.43. The summed E-state index contributed by atoms with van der Waals surface area (Å²) in [7, 11) is 0. The Hall–Kier alpha value is -2.43. The van der Waals surface area contributed by atoms with Crippen molar-refractivity contribution in [3.63, 3.8) is 0 Å². The summed E-state index contributed by atoms with van der Waals surface area (Å²) in [6.45, 7) is 0. The Morgan fingerprint density at radius 2 is 1.96 bits per heavy atom. The molecular formula is C18H17NO4. The van der Waals surface area contributed by atoms with Crippen molar-refractivity contribution >= 4 is 11.8 Å². The zero-order chi connectivity index (χ0) is 16.0. The summed E-state index contributed by atoms with van der Waals surface area (Å²) >= 11 is 0. The average molecular weight is 311 g/mol. The van der Waals surface area contributed by atoms with Crippen molar-refractivity contribution in [2.24, 2.45) is 5.41 Å². The number of benzene rings is 1. The Morgan fingerprint density at radius 1 is 1.22 bits per heavy atom. The lowest BCUT2D eigenvalue weighted by atomic mass is 9.60. The van der Waals surface area contributed by atoms with Gasteiger partial charge in [-0.1, -0.05) is 23.7 Å². The number of carboxylic acid groups (broad SMARTS) is 1. The first kappa shape index (κ1) is 14.2. The van der Waals surface area contributed by atoms with Crippen LogP contribution in [0.4, 0.5) is 0 Å². The number of aromatic nitrogens is 1. The first-order valence-electron chi connectivity index (χ1n) is 7.89. The molecule has 5 heteroatoms. The highest BCUT2D eigenvalue weighted by Crippen LogP contribution is 2.50. The topological polar surface area (TPSA) is 80.4 Å². The molecule has 1 aromatic carbocycles. The molecule has 0 saturated heterocycles. The van der Waals surface area contributed by atoms with Crippen LogP contribution in [0.3, 0.4) is 0 Å². The number of fused-ring (bicyclic) bond motifs is 1. The number of hydrogen-bond donors (Lipinski definition) is 1. The van der Waals surface area contributed by atoms with E-state index >= 15 is 0 Å². The van der Waals surface area contributed by atoms with E-state index in [1.807, 2.05) is 0 Å². The number of nitrogens with zero attached hydrogens (tertiary/aromatic N) is 1. The molecule has 118 valence electrons. The molecule has 1 fully saturated rings. The van der Waals surface area contributed by atoms with Crippen LogP contribution in [-0.2, 0) is 12.8 Å². The second kappa shape index (κ2) is 5.05. The second-order valence-corrected chi connectivity index (χ2v) is 6.74. The normalized spacial score (nSPS) is 18.5. The zero-order valence-corrected chi connectivity index (χ0v) is 12.7. The van der Waals surface area contributed by atoms with Crippen molar-refractivity contribution in [2.45, 2.75) is 38.5 Å². The summed E-state index contributed by atoms with van der Waals surface area (Å²) in [6, 6.07) is 6.62. The van der Waals surface area contributed by atoms with E-state index in [-0.39, 0.29) is 16.8 Å². The van der Waals surface area contributed by atoms with Crippen LogP contribution in [0.1, 0.15) is 63.4 Å². The Kier molecular flexibility index (Phi) is 3.11. The minimum absolute atomic E-state index is 0.140. The molecule has 0 aliphatic heterocycles. The van der Waals surface area contributed by atoms with Crippen LogP contribution in [-0.4, -0.2) is 22.0 Å². The Labute approximate surface area is 133 Å². The highest BCUT2D eigenvalue weighted by molar-refractivity contribution is 5.99. The number of carbonyl (C=O) groups excluding carboxylic acids is 1. The van der Waals surface area contributed by atoms with E-state index in [0.29, 0.717) is 24.2 Å². The molecule has 0 radical (unpaired) electrons. The lowest BCUT2D eigenvalue weighted by Crippen LogP contribution is -2.38. The summed E-state index contributed by atoms with van der Waals surface area (Å²) in [6.07, 6.45) is 5.32.